The van der Waals surface area contributed by atoms with Gasteiger partial charge in [0.15, 0.2) is 5.82 Å². The van der Waals surface area contributed by atoms with Crippen LogP contribution in [0, 0.1) is 12.0 Å². The third-order valence-electron chi connectivity index (χ3n) is 4.93. The van der Waals surface area contributed by atoms with Gasteiger partial charge in [-0.2, -0.15) is 18.7 Å². The largest absolute Gasteiger partial charge is 1.00 e. The van der Waals surface area contributed by atoms with Gasteiger partial charge in [-0.1, -0.05) is 17.7 Å². The molecule has 13 nitrogen and oxygen atoms in total. The molecule has 4 rings (SSSR count). The number of phenolic OH excluding ortho intramolecular Hbond substituents is 1. The van der Waals surface area contributed by atoms with E-state index >= 15 is 0 Å². The number of anilines is 3. The molecule has 4 aromatic rings. The number of nitrogens with two attached hydrogens (primary N) is 1. The Morgan fingerprint density at radius 2 is 1.57 bits per heavy atom. The molecule has 0 aliphatic rings. The third-order valence-corrected chi connectivity index (χ3v) is 7.02. The quantitative estimate of drug-likeness (QED) is 0.0519. The summed E-state index contributed by atoms with van der Waals surface area (Å²) < 4.78 is 97.5. The Morgan fingerprint density at radius 1 is 0.925 bits per heavy atom. The predicted octanol–water partition coefficient (Wildman–Crippen LogP) is -2.18. The van der Waals surface area contributed by atoms with Crippen molar-refractivity contribution >= 4 is 71.2 Å². The molecular formula is C20H11ClF2N6Na2O7S2. The van der Waals surface area contributed by atoms with Gasteiger partial charge in [-0.05, 0) is 36.4 Å². The number of hydrogen-bond acceptors (Lipinski definition) is 13. The fraction of sp³-hybridized carbons (Fsp3) is 0. The molecule has 0 saturated heterocycles. The Labute approximate surface area is 274 Å². The van der Waals surface area contributed by atoms with E-state index < -0.39 is 64.3 Å². The van der Waals surface area contributed by atoms with Crippen LogP contribution in [0.1, 0.15) is 0 Å². The van der Waals surface area contributed by atoms with E-state index in [1.54, 1.807) is 0 Å². The molecule has 198 valence electrons. The second-order valence-electron chi connectivity index (χ2n) is 7.37. The summed E-state index contributed by atoms with van der Waals surface area (Å²) in [6.07, 6.45) is -1.47. The van der Waals surface area contributed by atoms with E-state index in [9.17, 15) is 39.8 Å². The van der Waals surface area contributed by atoms with E-state index in [0.29, 0.717) is 0 Å². The van der Waals surface area contributed by atoms with Crippen LogP contribution in [0.25, 0.3) is 10.8 Å². The molecule has 0 amide bonds. The Bertz CT molecular complexity index is 1880. The molecular weight excluding hydrogens is 620 g/mol. The van der Waals surface area contributed by atoms with Crippen LogP contribution >= 0.6 is 11.6 Å². The molecule has 0 aliphatic heterocycles. The van der Waals surface area contributed by atoms with Gasteiger partial charge in [0.1, 0.15) is 42.4 Å². The first-order valence-electron chi connectivity index (χ1n) is 9.84. The van der Waals surface area contributed by atoms with Gasteiger partial charge < -0.3 is 25.3 Å². The SMILES string of the molecule is Nc1ccc2c(S(=O)(=O)[O-])ccc(O)c2c1N=Nc1ccc(Nc2nc(F)nc(F)c2Cl)cc1S(=O)(=O)[O-].[Na+].[Na+]. The summed E-state index contributed by atoms with van der Waals surface area (Å²) in [5.41, 5.74) is 4.68. The zero-order valence-corrected chi connectivity index (χ0v) is 26.6. The van der Waals surface area contributed by atoms with Gasteiger partial charge in [0, 0.05) is 11.1 Å². The monoisotopic (exact) mass is 630 g/mol. The maximum Gasteiger partial charge on any atom is 1.00 e. The number of aromatic hydroxyl groups is 1. The summed E-state index contributed by atoms with van der Waals surface area (Å²) in [6, 6.07) is 7.03. The topological polar surface area (TPSA) is 223 Å². The molecule has 0 unspecified atom stereocenters. The number of nitrogens with one attached hydrogen (secondary N) is 1. The number of azo groups is 1. The van der Waals surface area contributed by atoms with Crippen molar-refractivity contribution in [2.24, 2.45) is 10.2 Å². The molecule has 0 aliphatic carbocycles. The van der Waals surface area contributed by atoms with E-state index in [-0.39, 0.29) is 86.9 Å². The van der Waals surface area contributed by atoms with Gasteiger partial charge in [0.25, 0.3) is 0 Å². The predicted molar refractivity (Wildman–Crippen MR) is 127 cm³/mol. The van der Waals surface area contributed by atoms with Crippen molar-refractivity contribution in [1.82, 2.24) is 9.97 Å². The Balaban J connectivity index is 0.00000280. The Morgan fingerprint density at radius 3 is 2.20 bits per heavy atom. The van der Waals surface area contributed by atoms with Crippen LogP contribution in [-0.4, -0.2) is 41.0 Å². The number of aromatic nitrogens is 2. The fourth-order valence-electron chi connectivity index (χ4n) is 3.32. The van der Waals surface area contributed by atoms with E-state index in [4.69, 9.17) is 17.3 Å². The van der Waals surface area contributed by atoms with Crippen LogP contribution in [0.5, 0.6) is 5.75 Å². The van der Waals surface area contributed by atoms with Gasteiger partial charge in [0.2, 0.25) is 5.95 Å². The number of benzene rings is 3. The standard InChI is InChI=1S/C20H13ClF2N6O7S2.2Na/c21-16-18(22)26-20(23)27-19(16)25-8-1-4-11(14(7-8)38(34,35)36)28-29-17-10(24)3-2-9-13(37(31,32)33)6-5-12(30)15(9)17;;/h1-7,30H,24H2,(H,25,26,27)(H,31,32,33)(H,34,35,36);;/q;2*+1/p-2. The number of nitrogen functional groups attached to an aromatic ring is 1. The fourth-order valence-corrected chi connectivity index (χ4v) is 4.76. The van der Waals surface area contributed by atoms with Gasteiger partial charge >= 0.3 is 65.2 Å². The average molecular weight is 631 g/mol. The smallest absolute Gasteiger partial charge is 0.744 e. The molecule has 0 bridgehead atoms. The van der Waals surface area contributed by atoms with Gasteiger partial charge in [-0.3, -0.25) is 0 Å². The van der Waals surface area contributed by atoms with Crippen molar-refractivity contribution in [1.29, 1.82) is 0 Å². The number of nitrogens with zero attached hydrogens (tertiary/aromatic N) is 4. The van der Waals surface area contributed by atoms with Crippen molar-refractivity contribution in [2.75, 3.05) is 11.1 Å². The molecule has 3 aromatic carbocycles. The second-order valence-corrected chi connectivity index (χ2v) is 10.4. The van der Waals surface area contributed by atoms with Crippen LogP contribution in [0.4, 0.5) is 37.3 Å². The average Bonchev–Trinajstić information content (AvgIpc) is 2.81. The molecule has 4 N–H and O–H groups in total. The first-order valence-corrected chi connectivity index (χ1v) is 13.0. The normalized spacial score (nSPS) is 11.7. The number of hydrogen-bond donors (Lipinski definition) is 3. The van der Waals surface area contributed by atoms with Crippen LogP contribution < -0.4 is 70.2 Å². The molecule has 20 heteroatoms. The zero-order chi connectivity index (χ0) is 28.0. The summed E-state index contributed by atoms with van der Waals surface area (Å²) >= 11 is 5.68. The van der Waals surface area contributed by atoms with E-state index in [0.717, 1.165) is 36.4 Å². The molecule has 0 saturated carbocycles. The van der Waals surface area contributed by atoms with Crippen LogP contribution in [0.15, 0.2) is 62.5 Å². The van der Waals surface area contributed by atoms with E-state index in [2.05, 4.69) is 25.5 Å². The second kappa shape index (κ2) is 12.9. The number of phenols is 1. The zero-order valence-electron chi connectivity index (χ0n) is 20.3. The third kappa shape index (κ3) is 7.24. The van der Waals surface area contributed by atoms with Crippen molar-refractivity contribution in [3.05, 3.63) is 59.5 Å². The van der Waals surface area contributed by atoms with Gasteiger partial charge in [0.05, 0.1) is 20.9 Å². The summed E-state index contributed by atoms with van der Waals surface area (Å²) in [5.74, 6) is -2.48. The Kier molecular flexibility index (Phi) is 11.0. The van der Waals surface area contributed by atoms with Crippen molar-refractivity contribution < 1.29 is 98.9 Å². The molecule has 1 aromatic heterocycles. The first kappa shape index (κ1) is 34.2. The summed E-state index contributed by atoms with van der Waals surface area (Å²) in [5, 5.41) is 18.9. The minimum atomic E-state index is -5.22. The molecule has 0 atom stereocenters. The van der Waals surface area contributed by atoms with Gasteiger partial charge in [-0.15, -0.1) is 10.2 Å². The van der Waals surface area contributed by atoms with Crippen LogP contribution in [-0.2, 0) is 20.2 Å². The minimum absolute atomic E-state index is 0. The van der Waals surface area contributed by atoms with E-state index in [1.165, 1.54) is 6.07 Å². The van der Waals surface area contributed by atoms with Crippen LogP contribution in [0.2, 0.25) is 5.02 Å². The molecule has 40 heavy (non-hydrogen) atoms. The number of rotatable bonds is 6. The maximum atomic E-state index is 13.6. The van der Waals surface area contributed by atoms with Crippen molar-refractivity contribution in [3.8, 4) is 5.75 Å². The number of halogens is 3. The van der Waals surface area contributed by atoms with Crippen LogP contribution in [0.3, 0.4) is 0 Å². The molecule has 1 heterocycles. The minimum Gasteiger partial charge on any atom is -0.744 e. The molecule has 0 spiro atoms. The number of fused-ring (bicyclic) bond motifs is 1. The van der Waals surface area contributed by atoms with Gasteiger partial charge in [-0.25, -0.2) is 16.8 Å². The van der Waals surface area contributed by atoms with Crippen molar-refractivity contribution in [2.45, 2.75) is 9.79 Å². The first-order chi connectivity index (χ1) is 17.7. The Hall–Kier alpha value is -2.03. The molecule has 0 fully saturated rings. The maximum absolute atomic E-state index is 13.6. The molecule has 0 radical (unpaired) electrons. The summed E-state index contributed by atoms with van der Waals surface area (Å²) in [6.45, 7) is 0. The summed E-state index contributed by atoms with van der Waals surface area (Å²) in [4.78, 5) is 4.42. The van der Waals surface area contributed by atoms with Crippen molar-refractivity contribution in [3.63, 3.8) is 0 Å². The van der Waals surface area contributed by atoms with E-state index in [1.807, 2.05) is 0 Å². The summed E-state index contributed by atoms with van der Waals surface area (Å²) in [7, 11) is -10.2.